The van der Waals surface area contributed by atoms with E-state index in [4.69, 9.17) is 9.84 Å². The van der Waals surface area contributed by atoms with Gasteiger partial charge in [-0.25, -0.2) is 0 Å². The molecule has 2 bridgehead atoms. The first kappa shape index (κ1) is 21.8. The van der Waals surface area contributed by atoms with Crippen LogP contribution in [-0.2, 0) is 19.1 Å². The van der Waals surface area contributed by atoms with Crippen molar-refractivity contribution in [3.63, 3.8) is 0 Å². The van der Waals surface area contributed by atoms with Crippen LogP contribution in [-0.4, -0.2) is 47.7 Å². The Balaban J connectivity index is 1.42. The summed E-state index contributed by atoms with van der Waals surface area (Å²) in [6.07, 6.45) is 14.4. The molecule has 0 unspecified atom stereocenters. The first-order chi connectivity index (χ1) is 14.0. The number of rotatable bonds is 9. The number of fused-ring (bicyclic) bond motifs is 2. The standard InChI is InChI=1S/C22H34N2O5/c25-20(26)11-7-2-1-6-10-16-17(19-13-12-18(16)29-19)14-23-21(27)22(28)24-15-8-4-3-5-9-15/h1,6,15-19H,2-5,7-14H2,(H,23,27)(H,24,28)(H,25,26)/b6-1-/t16-,17+,18-,19+/m1/s1. The Kier molecular flexibility index (Phi) is 8.09. The van der Waals surface area contributed by atoms with Crippen molar-refractivity contribution in [1.29, 1.82) is 0 Å². The van der Waals surface area contributed by atoms with E-state index in [1.54, 1.807) is 0 Å². The van der Waals surface area contributed by atoms with Crippen LogP contribution in [0.1, 0.15) is 70.6 Å². The van der Waals surface area contributed by atoms with E-state index < -0.39 is 17.8 Å². The number of aliphatic carboxylic acids is 1. The fourth-order valence-corrected chi connectivity index (χ4v) is 5.01. The van der Waals surface area contributed by atoms with Crippen molar-refractivity contribution in [2.24, 2.45) is 11.8 Å². The summed E-state index contributed by atoms with van der Waals surface area (Å²) in [6, 6.07) is 0.131. The summed E-state index contributed by atoms with van der Waals surface area (Å²) >= 11 is 0. The number of carboxylic acid groups (broad SMARTS) is 1. The third kappa shape index (κ3) is 6.29. The van der Waals surface area contributed by atoms with Crippen molar-refractivity contribution in [2.45, 2.75) is 88.9 Å². The molecule has 1 aliphatic carbocycles. The highest BCUT2D eigenvalue weighted by Gasteiger charge is 2.48. The monoisotopic (exact) mass is 406 g/mol. The van der Waals surface area contributed by atoms with E-state index in [9.17, 15) is 14.4 Å². The van der Waals surface area contributed by atoms with Gasteiger partial charge in [-0.2, -0.15) is 0 Å². The maximum atomic E-state index is 12.2. The molecule has 7 heteroatoms. The maximum Gasteiger partial charge on any atom is 0.309 e. The summed E-state index contributed by atoms with van der Waals surface area (Å²) in [4.78, 5) is 35.0. The molecule has 7 nitrogen and oxygen atoms in total. The van der Waals surface area contributed by atoms with Crippen LogP contribution in [0, 0.1) is 11.8 Å². The summed E-state index contributed by atoms with van der Waals surface area (Å²) in [6.45, 7) is 0.468. The number of nitrogens with one attached hydrogen (secondary N) is 2. The largest absolute Gasteiger partial charge is 0.481 e. The molecule has 4 atom stereocenters. The molecule has 3 rings (SSSR count). The highest BCUT2D eigenvalue weighted by atomic mass is 16.5. The van der Waals surface area contributed by atoms with Gasteiger partial charge in [0, 0.05) is 24.9 Å². The number of carboxylic acids is 1. The minimum atomic E-state index is -0.761. The lowest BCUT2D eigenvalue weighted by atomic mass is 9.77. The van der Waals surface area contributed by atoms with Crippen molar-refractivity contribution < 1.29 is 24.2 Å². The fraction of sp³-hybridized carbons (Fsp3) is 0.773. The Hall–Kier alpha value is -1.89. The van der Waals surface area contributed by atoms with E-state index >= 15 is 0 Å². The molecule has 29 heavy (non-hydrogen) atoms. The second-order valence-corrected chi connectivity index (χ2v) is 8.63. The van der Waals surface area contributed by atoms with Crippen LogP contribution in [0.5, 0.6) is 0 Å². The summed E-state index contributed by atoms with van der Waals surface area (Å²) in [7, 11) is 0. The van der Waals surface area contributed by atoms with Crippen LogP contribution in [0.3, 0.4) is 0 Å². The smallest absolute Gasteiger partial charge is 0.309 e. The highest BCUT2D eigenvalue weighted by molar-refractivity contribution is 6.35. The first-order valence-electron chi connectivity index (χ1n) is 11.2. The minimum Gasteiger partial charge on any atom is -0.481 e. The van der Waals surface area contributed by atoms with Gasteiger partial charge in [-0.05, 0) is 50.9 Å². The predicted molar refractivity (Wildman–Crippen MR) is 108 cm³/mol. The molecular weight excluding hydrogens is 372 g/mol. The fourth-order valence-electron chi connectivity index (χ4n) is 5.01. The second-order valence-electron chi connectivity index (χ2n) is 8.63. The summed E-state index contributed by atoms with van der Waals surface area (Å²) in [5, 5.41) is 14.4. The number of carbonyl (C=O) groups excluding carboxylic acids is 2. The van der Waals surface area contributed by atoms with Crippen LogP contribution < -0.4 is 10.6 Å². The van der Waals surface area contributed by atoms with Crippen LogP contribution in [0.4, 0.5) is 0 Å². The van der Waals surface area contributed by atoms with Gasteiger partial charge in [0.25, 0.3) is 0 Å². The molecule has 0 spiro atoms. The van der Waals surface area contributed by atoms with E-state index in [1.165, 1.54) is 6.42 Å². The predicted octanol–water partition coefficient (Wildman–Crippen LogP) is 2.55. The lowest BCUT2D eigenvalue weighted by Gasteiger charge is -2.27. The van der Waals surface area contributed by atoms with Crippen LogP contribution in [0.15, 0.2) is 12.2 Å². The molecule has 2 amide bonds. The summed E-state index contributed by atoms with van der Waals surface area (Å²) in [5.74, 6) is -1.25. The quantitative estimate of drug-likeness (QED) is 0.310. The molecule has 3 fully saturated rings. The van der Waals surface area contributed by atoms with E-state index in [0.717, 1.165) is 51.4 Å². The molecule has 162 valence electrons. The van der Waals surface area contributed by atoms with Gasteiger partial charge in [-0.3, -0.25) is 14.4 Å². The topological polar surface area (TPSA) is 105 Å². The highest BCUT2D eigenvalue weighted by Crippen LogP contribution is 2.44. The molecule has 2 heterocycles. The van der Waals surface area contributed by atoms with Crippen LogP contribution >= 0.6 is 0 Å². The third-order valence-electron chi connectivity index (χ3n) is 6.57. The van der Waals surface area contributed by atoms with E-state index in [2.05, 4.69) is 16.7 Å². The van der Waals surface area contributed by atoms with Crippen molar-refractivity contribution in [3.8, 4) is 0 Å². The zero-order valence-corrected chi connectivity index (χ0v) is 17.1. The lowest BCUT2D eigenvalue weighted by molar-refractivity contribution is -0.139. The van der Waals surface area contributed by atoms with E-state index in [1.807, 2.05) is 6.08 Å². The van der Waals surface area contributed by atoms with Crippen molar-refractivity contribution in [1.82, 2.24) is 10.6 Å². The Bertz CT molecular complexity index is 614. The number of carbonyl (C=O) groups is 3. The lowest BCUT2D eigenvalue weighted by Crippen LogP contribution is -2.47. The van der Waals surface area contributed by atoms with Crippen LogP contribution in [0.25, 0.3) is 0 Å². The number of hydrogen-bond acceptors (Lipinski definition) is 4. The van der Waals surface area contributed by atoms with Crippen molar-refractivity contribution >= 4 is 17.8 Å². The molecule has 1 saturated carbocycles. The molecule has 0 radical (unpaired) electrons. The molecule has 0 aromatic heterocycles. The summed E-state index contributed by atoms with van der Waals surface area (Å²) < 4.78 is 6.06. The molecule has 3 N–H and O–H groups in total. The van der Waals surface area contributed by atoms with Gasteiger partial charge < -0.3 is 20.5 Å². The number of allylic oxidation sites excluding steroid dienone is 2. The van der Waals surface area contributed by atoms with Crippen molar-refractivity contribution in [2.75, 3.05) is 6.54 Å². The van der Waals surface area contributed by atoms with E-state index in [-0.39, 0.29) is 30.6 Å². The molecule has 0 aromatic rings. The Morgan fingerprint density at radius 2 is 1.66 bits per heavy atom. The van der Waals surface area contributed by atoms with E-state index in [0.29, 0.717) is 18.9 Å². The minimum absolute atomic E-state index is 0.131. The third-order valence-corrected chi connectivity index (χ3v) is 6.57. The number of hydrogen-bond donors (Lipinski definition) is 3. The Labute approximate surface area is 172 Å². The van der Waals surface area contributed by atoms with Gasteiger partial charge in [-0.1, -0.05) is 31.4 Å². The first-order valence-corrected chi connectivity index (χ1v) is 11.2. The molecule has 3 aliphatic rings. The maximum absolute atomic E-state index is 12.2. The Morgan fingerprint density at radius 3 is 2.38 bits per heavy atom. The van der Waals surface area contributed by atoms with Gasteiger partial charge in [0.2, 0.25) is 0 Å². The SMILES string of the molecule is O=C(O)CCC/C=C\C[C@@H]1[C@H](CNC(=O)C(=O)NC2CCCCC2)[C@@H]2CC[C@H]1O2. The van der Waals surface area contributed by atoms with Crippen molar-refractivity contribution in [3.05, 3.63) is 12.2 Å². The number of unbranched alkanes of at least 4 members (excludes halogenated alkanes) is 1. The molecule has 2 saturated heterocycles. The number of amides is 2. The molecule has 0 aromatic carbocycles. The van der Waals surface area contributed by atoms with Gasteiger partial charge in [-0.15, -0.1) is 0 Å². The summed E-state index contributed by atoms with van der Waals surface area (Å²) in [5.41, 5.74) is 0. The van der Waals surface area contributed by atoms with Gasteiger partial charge >= 0.3 is 17.8 Å². The molecular formula is C22H34N2O5. The Morgan fingerprint density at radius 1 is 0.931 bits per heavy atom. The van der Waals surface area contributed by atoms with Gasteiger partial charge in [0.15, 0.2) is 0 Å². The number of ether oxygens (including phenoxy) is 1. The zero-order valence-electron chi connectivity index (χ0n) is 17.1. The normalized spacial score (nSPS) is 29.2. The van der Waals surface area contributed by atoms with Gasteiger partial charge in [0.1, 0.15) is 0 Å². The van der Waals surface area contributed by atoms with Gasteiger partial charge in [0.05, 0.1) is 12.2 Å². The molecule has 2 aliphatic heterocycles. The average molecular weight is 407 g/mol. The van der Waals surface area contributed by atoms with Crippen LogP contribution in [0.2, 0.25) is 0 Å². The zero-order chi connectivity index (χ0) is 20.6. The second kappa shape index (κ2) is 10.8. The average Bonchev–Trinajstić information content (AvgIpc) is 3.31.